The lowest BCUT2D eigenvalue weighted by Gasteiger charge is -2.20. The summed E-state index contributed by atoms with van der Waals surface area (Å²) in [6.45, 7) is 13.8. The number of fused-ring (bicyclic) bond motifs is 6. The molecule has 9 heteroatoms. The van der Waals surface area contributed by atoms with E-state index in [4.69, 9.17) is 9.98 Å². The number of rotatable bonds is 8. The van der Waals surface area contributed by atoms with Crippen LogP contribution >= 0.6 is 0 Å². The van der Waals surface area contributed by atoms with Gasteiger partial charge in [-0.1, -0.05) is 26.5 Å². The van der Waals surface area contributed by atoms with Gasteiger partial charge in [-0.15, -0.1) is 0 Å². The molecule has 3 aliphatic heterocycles. The summed E-state index contributed by atoms with van der Waals surface area (Å²) in [6, 6.07) is 0. The Morgan fingerprint density at radius 3 is 2.36 bits per heavy atom. The molecule has 1 aromatic heterocycles. The molecule has 0 amide bonds. The van der Waals surface area contributed by atoms with E-state index in [-0.39, 0.29) is 30.8 Å². The third kappa shape index (κ3) is 5.27. The third-order valence-electron chi connectivity index (χ3n) is 9.28. The molecule has 1 aromatic rings. The molecule has 0 fully saturated rings. The quantitative estimate of drug-likeness (QED) is 0.265. The average molecular weight is 596 g/mol. The molecule has 4 N–H and O–H groups in total. The van der Waals surface area contributed by atoms with Crippen molar-refractivity contribution in [3.05, 3.63) is 91.7 Å². The monoisotopic (exact) mass is 595 g/mol. The van der Waals surface area contributed by atoms with Gasteiger partial charge >= 0.3 is 17.9 Å². The highest BCUT2D eigenvalue weighted by molar-refractivity contribution is 6.15. The first-order valence-corrected chi connectivity index (χ1v) is 14.8. The highest BCUT2D eigenvalue weighted by Gasteiger charge is 2.39. The van der Waals surface area contributed by atoms with Crippen LogP contribution in [0.25, 0.3) is 12.2 Å². The predicted molar refractivity (Wildman–Crippen MR) is 170 cm³/mol. The zero-order valence-corrected chi connectivity index (χ0v) is 25.7. The highest BCUT2D eigenvalue weighted by atomic mass is 16.4. The first-order valence-electron chi connectivity index (χ1n) is 14.8. The number of aliphatic imine (C=N–C) groups is 2. The second kappa shape index (κ2) is 11.7. The number of H-pyrrole nitrogens is 1. The van der Waals surface area contributed by atoms with Crippen molar-refractivity contribution >= 4 is 41.5 Å². The number of carboxylic acid groups (broad SMARTS) is 3. The van der Waals surface area contributed by atoms with Gasteiger partial charge in [-0.3, -0.25) is 14.6 Å². The maximum absolute atomic E-state index is 12.7. The van der Waals surface area contributed by atoms with Crippen molar-refractivity contribution in [3.8, 4) is 0 Å². The Balaban J connectivity index is 1.88. The fourth-order valence-electron chi connectivity index (χ4n) is 6.86. The molecular weight excluding hydrogens is 558 g/mol. The molecule has 0 aromatic carbocycles. The standard InChI is InChI=1S/C35H37N3O6/c1-7-21-17(4)27-15-30-22(8-2)18(5)26(37-30)14-28-19(6)23(9-10-31(39)40)34(38-28)25(13-32(41)42)24-11-20(12-29(21)36-27)16(3)33(24)35(43)44/h8,12,14-15,19,23,36H,2,7,9-11,13H2,1,3-6H3,(H,39,40)(H,41,42)(H,43,44)/t19-,23-/m0/s1. The predicted octanol–water partition coefficient (Wildman–Crippen LogP) is 6.61. The zero-order chi connectivity index (χ0) is 32.0. The summed E-state index contributed by atoms with van der Waals surface area (Å²) < 4.78 is 0. The fraction of sp³-hybridized carbons (Fsp3) is 0.343. The summed E-state index contributed by atoms with van der Waals surface area (Å²) >= 11 is 0. The molecule has 0 saturated carbocycles. The maximum atomic E-state index is 12.7. The number of nitrogens with one attached hydrogen (secondary N) is 1. The molecule has 228 valence electrons. The van der Waals surface area contributed by atoms with Gasteiger partial charge in [-0.25, -0.2) is 9.79 Å². The van der Waals surface area contributed by atoms with E-state index in [0.717, 1.165) is 51.4 Å². The molecule has 1 aliphatic carbocycles. The normalized spacial score (nSPS) is 21.2. The maximum Gasteiger partial charge on any atom is 0.336 e. The van der Waals surface area contributed by atoms with Crippen molar-refractivity contribution in [1.29, 1.82) is 0 Å². The number of allylic oxidation sites excluding steroid dienone is 6. The van der Waals surface area contributed by atoms with Crippen LogP contribution in [0.3, 0.4) is 0 Å². The smallest absolute Gasteiger partial charge is 0.336 e. The Kier molecular flexibility index (Phi) is 8.16. The van der Waals surface area contributed by atoms with Crippen LogP contribution in [0.2, 0.25) is 0 Å². The number of nitrogens with zero attached hydrogens (tertiary/aromatic N) is 2. The largest absolute Gasteiger partial charge is 0.481 e. The van der Waals surface area contributed by atoms with E-state index >= 15 is 0 Å². The Morgan fingerprint density at radius 2 is 1.75 bits per heavy atom. The lowest BCUT2D eigenvalue weighted by Crippen LogP contribution is -2.23. The number of hydrogen-bond acceptors (Lipinski definition) is 5. The van der Waals surface area contributed by atoms with E-state index in [0.29, 0.717) is 33.8 Å². The van der Waals surface area contributed by atoms with Crippen molar-refractivity contribution in [1.82, 2.24) is 4.98 Å². The van der Waals surface area contributed by atoms with Gasteiger partial charge in [0.15, 0.2) is 0 Å². The van der Waals surface area contributed by atoms with Gasteiger partial charge in [0.1, 0.15) is 0 Å². The molecule has 0 unspecified atom stereocenters. The molecule has 0 saturated heterocycles. The lowest BCUT2D eigenvalue weighted by atomic mass is 9.81. The summed E-state index contributed by atoms with van der Waals surface area (Å²) in [5.74, 6) is -3.90. The number of aromatic nitrogens is 1. The van der Waals surface area contributed by atoms with Crippen molar-refractivity contribution in [2.24, 2.45) is 21.8 Å². The zero-order valence-electron chi connectivity index (χ0n) is 25.7. The van der Waals surface area contributed by atoms with E-state index in [1.54, 1.807) is 13.0 Å². The van der Waals surface area contributed by atoms with Crippen LogP contribution in [-0.2, 0) is 20.8 Å². The van der Waals surface area contributed by atoms with Crippen molar-refractivity contribution in [2.45, 2.75) is 66.7 Å². The van der Waals surface area contributed by atoms with Gasteiger partial charge in [-0.05, 0) is 97.3 Å². The van der Waals surface area contributed by atoms with Crippen LogP contribution < -0.4 is 0 Å². The molecule has 0 spiro atoms. The van der Waals surface area contributed by atoms with Crippen LogP contribution in [0.15, 0.2) is 79.1 Å². The number of hydrogen-bond donors (Lipinski definition) is 4. The molecule has 4 aliphatic rings. The summed E-state index contributed by atoms with van der Waals surface area (Å²) in [5, 5.41) is 30.0. The first-order chi connectivity index (χ1) is 20.9. The second-order valence-electron chi connectivity index (χ2n) is 11.8. The van der Waals surface area contributed by atoms with Gasteiger partial charge in [-0.2, -0.15) is 0 Å². The third-order valence-corrected chi connectivity index (χ3v) is 9.28. The van der Waals surface area contributed by atoms with Gasteiger partial charge in [0.05, 0.1) is 23.4 Å². The van der Waals surface area contributed by atoms with Crippen molar-refractivity contribution in [3.63, 3.8) is 0 Å². The summed E-state index contributed by atoms with van der Waals surface area (Å²) in [4.78, 5) is 50.1. The Morgan fingerprint density at radius 1 is 1.02 bits per heavy atom. The minimum atomic E-state index is -1.14. The number of aromatic amines is 1. The second-order valence-corrected chi connectivity index (χ2v) is 11.8. The van der Waals surface area contributed by atoms with E-state index in [1.807, 2.05) is 39.0 Å². The SMILES string of the molecule is C=CC1=C(C)C2=NC1=Cc1[nH]c(c(CC)c1C)C=C1CC(=C(CC(=O)O)C3=NC(=C2)[C@@H](C)[C@@H]3CCC(=O)O)C(C(=O)O)=C1C. The van der Waals surface area contributed by atoms with Crippen LogP contribution in [0.4, 0.5) is 0 Å². The summed E-state index contributed by atoms with van der Waals surface area (Å²) in [6.07, 6.45) is 8.26. The minimum absolute atomic E-state index is 0.0723. The number of carbonyl (C=O) groups is 3. The first kappa shape index (κ1) is 30.7. The van der Waals surface area contributed by atoms with E-state index in [1.165, 1.54) is 0 Å². The summed E-state index contributed by atoms with van der Waals surface area (Å²) in [5.41, 5.74) is 10.4. The van der Waals surface area contributed by atoms with Crippen molar-refractivity contribution < 1.29 is 29.7 Å². The van der Waals surface area contributed by atoms with Crippen LogP contribution in [0.5, 0.6) is 0 Å². The van der Waals surface area contributed by atoms with Gasteiger partial charge < -0.3 is 20.3 Å². The van der Waals surface area contributed by atoms with E-state index in [2.05, 4.69) is 18.5 Å². The lowest BCUT2D eigenvalue weighted by molar-refractivity contribution is -0.138. The summed E-state index contributed by atoms with van der Waals surface area (Å²) in [7, 11) is 0. The van der Waals surface area contributed by atoms with Gasteiger partial charge in [0, 0.05) is 46.6 Å². The van der Waals surface area contributed by atoms with Crippen LogP contribution in [0, 0.1) is 18.8 Å². The Bertz CT molecular complexity index is 1780. The molecular formula is C35H37N3O6. The topological polar surface area (TPSA) is 152 Å². The van der Waals surface area contributed by atoms with E-state index < -0.39 is 30.2 Å². The molecule has 4 heterocycles. The minimum Gasteiger partial charge on any atom is -0.481 e. The Labute approximate surface area is 256 Å². The van der Waals surface area contributed by atoms with Crippen LogP contribution in [-0.4, -0.2) is 49.6 Å². The molecule has 8 bridgehead atoms. The number of aliphatic carboxylic acids is 3. The van der Waals surface area contributed by atoms with E-state index in [9.17, 15) is 29.7 Å². The molecule has 0 radical (unpaired) electrons. The molecule has 44 heavy (non-hydrogen) atoms. The molecule has 9 nitrogen and oxygen atoms in total. The number of carboxylic acids is 3. The van der Waals surface area contributed by atoms with Crippen molar-refractivity contribution in [2.75, 3.05) is 0 Å². The average Bonchev–Trinajstić information content (AvgIpc) is 3.63. The van der Waals surface area contributed by atoms with Crippen LogP contribution in [0.1, 0.15) is 75.9 Å². The fourth-order valence-corrected chi connectivity index (χ4v) is 6.86. The van der Waals surface area contributed by atoms with Gasteiger partial charge in [0.25, 0.3) is 0 Å². The molecule has 5 rings (SSSR count). The highest BCUT2D eigenvalue weighted by Crippen LogP contribution is 2.45. The van der Waals surface area contributed by atoms with Gasteiger partial charge in [0.2, 0.25) is 0 Å². The molecule has 2 atom stereocenters. The Hall–Kier alpha value is -4.79.